The first-order chi connectivity index (χ1) is 9.38. The Bertz CT molecular complexity index is 517. The van der Waals surface area contributed by atoms with Gasteiger partial charge in [-0.15, -0.1) is 0 Å². The van der Waals surface area contributed by atoms with Gasteiger partial charge in [-0.2, -0.15) is 0 Å². The summed E-state index contributed by atoms with van der Waals surface area (Å²) in [6.45, 7) is 3.48. The van der Waals surface area contributed by atoms with Gasteiger partial charge in [-0.1, -0.05) is 0 Å². The first-order valence-corrected chi connectivity index (χ1v) is 5.98. The van der Waals surface area contributed by atoms with E-state index in [1.165, 1.54) is 7.11 Å². The van der Waals surface area contributed by atoms with Crippen LogP contribution in [-0.4, -0.2) is 32.2 Å². The van der Waals surface area contributed by atoms with E-state index >= 15 is 0 Å². The zero-order chi connectivity index (χ0) is 15.3. The molecule has 0 saturated heterocycles. The zero-order valence-electron chi connectivity index (χ0n) is 11.9. The Balaban J connectivity index is 2.92. The van der Waals surface area contributed by atoms with Crippen LogP contribution in [0.3, 0.4) is 0 Å². The Morgan fingerprint density at radius 1 is 1.20 bits per heavy atom. The van der Waals surface area contributed by atoms with E-state index < -0.39 is 18.0 Å². The molecule has 0 spiro atoms. The fourth-order valence-corrected chi connectivity index (χ4v) is 1.66. The number of hydrogen-bond donors (Lipinski definition) is 3. The number of methoxy groups -OCH3 is 2. The van der Waals surface area contributed by atoms with Crippen molar-refractivity contribution >= 4 is 17.6 Å². The van der Waals surface area contributed by atoms with E-state index in [0.29, 0.717) is 17.2 Å². The molecular formula is C13H19N3O4. The third-order valence-corrected chi connectivity index (χ3v) is 2.74. The number of carbonyl (C=O) groups excluding carboxylic acids is 2. The molecule has 1 unspecified atom stereocenters. The van der Waals surface area contributed by atoms with E-state index in [9.17, 15) is 9.59 Å². The van der Waals surface area contributed by atoms with Crippen LogP contribution in [0.15, 0.2) is 12.1 Å². The van der Waals surface area contributed by atoms with E-state index in [4.69, 9.17) is 15.2 Å². The number of urea groups is 1. The molecule has 0 aliphatic rings. The van der Waals surface area contributed by atoms with Crippen LogP contribution in [0.4, 0.5) is 10.5 Å². The first-order valence-electron chi connectivity index (χ1n) is 5.98. The topological polar surface area (TPSA) is 103 Å². The largest absolute Gasteiger partial charge is 0.493 e. The normalized spacial score (nSPS) is 11.4. The Morgan fingerprint density at radius 2 is 1.75 bits per heavy atom. The lowest BCUT2D eigenvalue weighted by atomic mass is 10.1. The van der Waals surface area contributed by atoms with Crippen molar-refractivity contribution in [1.82, 2.24) is 5.32 Å². The second-order valence-corrected chi connectivity index (χ2v) is 4.24. The van der Waals surface area contributed by atoms with Crippen molar-refractivity contribution in [2.75, 3.05) is 19.5 Å². The fourth-order valence-electron chi connectivity index (χ4n) is 1.66. The quantitative estimate of drug-likeness (QED) is 0.747. The van der Waals surface area contributed by atoms with Crippen molar-refractivity contribution in [2.45, 2.75) is 19.9 Å². The Labute approximate surface area is 117 Å². The summed E-state index contributed by atoms with van der Waals surface area (Å²) in [5.41, 5.74) is 6.48. The third kappa shape index (κ3) is 3.78. The van der Waals surface area contributed by atoms with E-state index in [2.05, 4.69) is 5.32 Å². The number of nitrogens with one attached hydrogen (secondary N) is 2. The average molecular weight is 281 g/mol. The number of carbonyl (C=O) groups is 2. The van der Waals surface area contributed by atoms with E-state index in [-0.39, 0.29) is 0 Å². The van der Waals surface area contributed by atoms with E-state index in [1.54, 1.807) is 26.2 Å². The number of ether oxygens (including phenoxy) is 2. The number of imide groups is 1. The van der Waals surface area contributed by atoms with Crippen LogP contribution in [0.2, 0.25) is 0 Å². The molecule has 110 valence electrons. The number of hydrogen-bond acceptors (Lipinski definition) is 5. The summed E-state index contributed by atoms with van der Waals surface area (Å²) >= 11 is 0. The number of anilines is 1. The molecule has 0 radical (unpaired) electrons. The molecular weight excluding hydrogens is 262 g/mol. The molecule has 7 heteroatoms. The Morgan fingerprint density at radius 3 is 2.25 bits per heavy atom. The summed E-state index contributed by atoms with van der Waals surface area (Å²) < 4.78 is 10.4. The molecule has 0 heterocycles. The van der Waals surface area contributed by atoms with Gasteiger partial charge in [0, 0.05) is 11.8 Å². The molecule has 3 amide bonds. The lowest BCUT2D eigenvalue weighted by Gasteiger charge is -2.18. The highest BCUT2D eigenvalue weighted by molar-refractivity contribution is 5.97. The van der Waals surface area contributed by atoms with E-state index in [0.717, 1.165) is 5.56 Å². The Hall–Kier alpha value is -2.44. The number of benzene rings is 1. The van der Waals surface area contributed by atoms with Crippen molar-refractivity contribution < 1.29 is 19.1 Å². The Kier molecular flexibility index (Phi) is 5.19. The summed E-state index contributed by atoms with van der Waals surface area (Å²) in [5.74, 6) is 0.639. The lowest BCUT2D eigenvalue weighted by Crippen LogP contribution is -2.43. The molecule has 0 fully saturated rings. The standard InChI is InChI=1S/C13H19N3O4/c1-7-5-10(19-3)11(20-4)6-9(7)15-8(2)12(17)16-13(14)18/h5-6,8,15H,1-4H3,(H3,14,16,17,18). The van der Waals surface area contributed by atoms with Gasteiger partial charge >= 0.3 is 6.03 Å². The van der Waals surface area contributed by atoms with Crippen LogP contribution < -0.4 is 25.8 Å². The maximum Gasteiger partial charge on any atom is 0.318 e. The SMILES string of the molecule is COc1cc(C)c(NC(C)C(=O)NC(N)=O)cc1OC. The highest BCUT2D eigenvalue weighted by Crippen LogP contribution is 2.33. The predicted octanol–water partition coefficient (Wildman–Crippen LogP) is 1.01. The van der Waals surface area contributed by atoms with E-state index in [1.807, 2.05) is 12.2 Å². The fraction of sp³-hybridized carbons (Fsp3) is 0.385. The summed E-state index contributed by atoms with van der Waals surface area (Å²) in [7, 11) is 3.08. The molecule has 1 aromatic rings. The summed E-state index contributed by atoms with van der Waals surface area (Å²) in [5, 5.41) is 5.00. The van der Waals surface area contributed by atoms with Gasteiger partial charge in [0.2, 0.25) is 5.91 Å². The zero-order valence-corrected chi connectivity index (χ0v) is 11.9. The van der Waals surface area contributed by atoms with Crippen molar-refractivity contribution in [3.8, 4) is 11.5 Å². The number of primary amides is 1. The summed E-state index contributed by atoms with van der Waals surface area (Å²) in [6, 6.07) is 2.01. The minimum absolute atomic E-state index is 0.508. The summed E-state index contributed by atoms with van der Waals surface area (Å²) in [6.07, 6.45) is 0. The third-order valence-electron chi connectivity index (χ3n) is 2.74. The van der Waals surface area contributed by atoms with Crippen LogP contribution in [0.25, 0.3) is 0 Å². The molecule has 0 aliphatic carbocycles. The first kappa shape index (κ1) is 15.6. The molecule has 0 aliphatic heterocycles. The van der Waals surface area contributed by atoms with Crippen LogP contribution in [0.1, 0.15) is 12.5 Å². The average Bonchev–Trinajstić information content (AvgIpc) is 2.39. The van der Waals surface area contributed by atoms with Crippen LogP contribution >= 0.6 is 0 Å². The van der Waals surface area contributed by atoms with Gasteiger partial charge in [0.1, 0.15) is 6.04 Å². The molecule has 0 saturated carbocycles. The van der Waals surface area contributed by atoms with Gasteiger partial charge in [-0.25, -0.2) is 4.79 Å². The van der Waals surface area contributed by atoms with Crippen molar-refractivity contribution in [1.29, 1.82) is 0 Å². The molecule has 1 rings (SSSR count). The molecule has 1 aromatic carbocycles. The minimum Gasteiger partial charge on any atom is -0.493 e. The van der Waals surface area contributed by atoms with Gasteiger partial charge in [0.05, 0.1) is 14.2 Å². The van der Waals surface area contributed by atoms with Crippen molar-refractivity contribution in [3.05, 3.63) is 17.7 Å². The highest BCUT2D eigenvalue weighted by atomic mass is 16.5. The number of nitrogens with two attached hydrogens (primary N) is 1. The molecule has 1 atom stereocenters. The molecule has 4 N–H and O–H groups in total. The second kappa shape index (κ2) is 6.65. The monoisotopic (exact) mass is 281 g/mol. The van der Waals surface area contributed by atoms with Gasteiger partial charge in [-0.05, 0) is 25.5 Å². The molecule has 0 aromatic heterocycles. The highest BCUT2D eigenvalue weighted by Gasteiger charge is 2.16. The molecule has 0 bridgehead atoms. The minimum atomic E-state index is -0.882. The number of amides is 3. The van der Waals surface area contributed by atoms with Crippen LogP contribution in [-0.2, 0) is 4.79 Å². The molecule has 20 heavy (non-hydrogen) atoms. The molecule has 7 nitrogen and oxygen atoms in total. The maximum absolute atomic E-state index is 11.6. The van der Waals surface area contributed by atoms with Crippen LogP contribution in [0.5, 0.6) is 11.5 Å². The maximum atomic E-state index is 11.6. The second-order valence-electron chi connectivity index (χ2n) is 4.24. The number of rotatable bonds is 5. The van der Waals surface area contributed by atoms with Crippen molar-refractivity contribution in [2.24, 2.45) is 5.73 Å². The predicted molar refractivity (Wildman–Crippen MR) is 75.1 cm³/mol. The van der Waals surface area contributed by atoms with Gasteiger partial charge < -0.3 is 20.5 Å². The smallest absolute Gasteiger partial charge is 0.318 e. The van der Waals surface area contributed by atoms with Gasteiger partial charge in [0.25, 0.3) is 0 Å². The number of aryl methyl sites for hydroxylation is 1. The van der Waals surface area contributed by atoms with Crippen LogP contribution in [0, 0.1) is 6.92 Å². The van der Waals surface area contributed by atoms with Gasteiger partial charge in [0.15, 0.2) is 11.5 Å². The lowest BCUT2D eigenvalue weighted by molar-refractivity contribution is -0.120. The van der Waals surface area contributed by atoms with Crippen molar-refractivity contribution in [3.63, 3.8) is 0 Å². The summed E-state index contributed by atoms with van der Waals surface area (Å²) in [4.78, 5) is 22.3. The van der Waals surface area contributed by atoms with Gasteiger partial charge in [-0.3, -0.25) is 10.1 Å².